The van der Waals surface area contributed by atoms with Gasteiger partial charge in [-0.05, 0) is 42.7 Å². The summed E-state index contributed by atoms with van der Waals surface area (Å²) in [6, 6.07) is 7.41. The molecule has 2 fully saturated rings. The summed E-state index contributed by atoms with van der Waals surface area (Å²) in [7, 11) is 0. The van der Waals surface area contributed by atoms with Gasteiger partial charge in [0.1, 0.15) is 5.78 Å². The number of ketones is 1. The van der Waals surface area contributed by atoms with Crippen LogP contribution in [0.1, 0.15) is 55.6 Å². The molecule has 29 heavy (non-hydrogen) atoms. The van der Waals surface area contributed by atoms with Crippen LogP contribution in [0.2, 0.25) is 0 Å². The average molecular weight is 413 g/mol. The van der Waals surface area contributed by atoms with Gasteiger partial charge in [-0.25, -0.2) is 9.19 Å². The first-order valence-corrected chi connectivity index (χ1v) is 10.9. The second-order valence-corrected chi connectivity index (χ2v) is 9.16. The smallest absolute Gasteiger partial charge is 0.233 e. The summed E-state index contributed by atoms with van der Waals surface area (Å²) in [6.45, 7) is 0. The lowest BCUT2D eigenvalue weighted by Crippen LogP contribution is -2.24. The zero-order valence-corrected chi connectivity index (χ0v) is 16.7. The van der Waals surface area contributed by atoms with E-state index in [0.29, 0.717) is 37.9 Å². The average Bonchev–Trinajstić information content (AvgIpc) is 3.44. The molecule has 2 saturated carbocycles. The molecule has 3 atom stereocenters. The van der Waals surface area contributed by atoms with Crippen LogP contribution in [-0.4, -0.2) is 30.4 Å². The molecule has 1 heterocycles. The minimum absolute atomic E-state index is 0.180. The number of nitrogens with one attached hydrogen (secondary N) is 1. The number of hydrogen-bond donors (Lipinski definition) is 2. The fourth-order valence-electron chi connectivity index (χ4n) is 4.09. The fraction of sp³-hybridized carbons (Fsp3) is 0.429. The number of amides is 1. The van der Waals surface area contributed by atoms with Crippen LogP contribution in [0.5, 0.6) is 0 Å². The van der Waals surface area contributed by atoms with Crippen LogP contribution in [-0.2, 0) is 25.4 Å². The van der Waals surface area contributed by atoms with Crippen molar-refractivity contribution in [1.82, 2.24) is 9.97 Å². The molecule has 1 aromatic heterocycles. The maximum atomic E-state index is 13.0. The van der Waals surface area contributed by atoms with E-state index in [4.69, 9.17) is 0 Å². The van der Waals surface area contributed by atoms with Crippen molar-refractivity contribution in [1.29, 1.82) is 0 Å². The number of nitrogens with zero attached hydrogens (tertiary/aromatic N) is 2. The lowest BCUT2D eigenvalue weighted by molar-refractivity contribution is -0.119. The Kier molecular flexibility index (Phi) is 5.56. The van der Waals surface area contributed by atoms with Crippen LogP contribution < -0.4 is 5.32 Å². The van der Waals surface area contributed by atoms with Crippen LogP contribution in [0.15, 0.2) is 42.9 Å². The number of Topliss-reactive ketones (excluding diaryl/α,β-unsaturated/α-hetero) is 1. The topological polar surface area (TPSA) is 109 Å². The first-order chi connectivity index (χ1) is 14.0. The Hall–Kier alpha value is -2.45. The predicted octanol–water partition coefficient (Wildman–Crippen LogP) is 3.17. The number of anilines is 1. The molecule has 0 saturated heterocycles. The summed E-state index contributed by atoms with van der Waals surface area (Å²) >= 11 is -1.91. The summed E-state index contributed by atoms with van der Waals surface area (Å²) in [5, 5.41) is 2.81. The Balaban J connectivity index is 1.56. The maximum Gasteiger partial charge on any atom is 0.233 e. The fourth-order valence-corrected chi connectivity index (χ4v) is 4.88. The van der Waals surface area contributed by atoms with Crippen molar-refractivity contribution in [2.45, 2.75) is 49.2 Å². The van der Waals surface area contributed by atoms with Gasteiger partial charge >= 0.3 is 0 Å². The normalized spacial score (nSPS) is 22.1. The Bertz CT molecular complexity index is 929. The molecule has 1 aromatic carbocycles. The molecule has 0 radical (unpaired) electrons. The standard InChI is InChI=1S/C21H23N3O4S/c25-17-6-1-14(11-17)12-18(20(26)24-19-13-22-9-10-23-19)15-2-4-16(5-3-15)21(7-8-21)29(27)28/h2-5,9-10,13-14,18H,1,6-8,11-12H2,(H,27,28)(H,23,24,26)/t14-,18+/m0/s1. The van der Waals surface area contributed by atoms with Gasteiger partial charge < -0.3 is 9.87 Å². The highest BCUT2D eigenvalue weighted by atomic mass is 32.2. The molecule has 2 N–H and O–H groups in total. The van der Waals surface area contributed by atoms with Crippen molar-refractivity contribution in [2.24, 2.45) is 5.92 Å². The van der Waals surface area contributed by atoms with Crippen molar-refractivity contribution >= 4 is 28.6 Å². The van der Waals surface area contributed by atoms with Crippen LogP contribution in [0.3, 0.4) is 0 Å². The Morgan fingerprint density at radius 2 is 2.03 bits per heavy atom. The van der Waals surface area contributed by atoms with Crippen LogP contribution in [0.4, 0.5) is 5.82 Å². The van der Waals surface area contributed by atoms with Gasteiger partial charge in [-0.2, -0.15) is 0 Å². The third-order valence-electron chi connectivity index (χ3n) is 5.93. The molecule has 1 unspecified atom stereocenters. The third-order valence-corrected chi connectivity index (χ3v) is 7.24. The second kappa shape index (κ2) is 8.12. The number of rotatable bonds is 7. The molecule has 152 valence electrons. The van der Waals surface area contributed by atoms with Gasteiger partial charge in [0.15, 0.2) is 16.9 Å². The number of aromatic nitrogens is 2. The molecule has 0 bridgehead atoms. The Morgan fingerprint density at radius 1 is 1.28 bits per heavy atom. The zero-order valence-electron chi connectivity index (χ0n) is 15.9. The van der Waals surface area contributed by atoms with Gasteiger partial charge in [0.25, 0.3) is 0 Å². The molecule has 2 aliphatic carbocycles. The van der Waals surface area contributed by atoms with Gasteiger partial charge in [-0.3, -0.25) is 14.6 Å². The second-order valence-electron chi connectivity index (χ2n) is 7.88. The van der Waals surface area contributed by atoms with E-state index in [2.05, 4.69) is 15.3 Å². The molecule has 1 amide bonds. The lowest BCUT2D eigenvalue weighted by Gasteiger charge is -2.21. The summed E-state index contributed by atoms with van der Waals surface area (Å²) in [5.41, 5.74) is 1.65. The molecular weight excluding hydrogens is 390 g/mol. The van der Waals surface area contributed by atoms with Gasteiger partial charge in [0, 0.05) is 25.2 Å². The minimum Gasteiger partial charge on any atom is -0.309 e. The van der Waals surface area contributed by atoms with Crippen LogP contribution in [0, 0.1) is 5.92 Å². The molecule has 2 aromatic rings. The number of carbonyl (C=O) groups is 2. The molecule has 4 rings (SSSR count). The van der Waals surface area contributed by atoms with E-state index in [9.17, 15) is 18.4 Å². The first-order valence-electron chi connectivity index (χ1n) is 9.78. The Morgan fingerprint density at radius 3 is 2.59 bits per heavy atom. The van der Waals surface area contributed by atoms with Gasteiger partial charge in [0.05, 0.1) is 16.9 Å². The van der Waals surface area contributed by atoms with E-state index < -0.39 is 21.7 Å². The van der Waals surface area contributed by atoms with E-state index in [0.717, 1.165) is 17.5 Å². The van der Waals surface area contributed by atoms with Gasteiger partial charge in [-0.15, -0.1) is 0 Å². The van der Waals surface area contributed by atoms with Crippen molar-refractivity contribution in [3.8, 4) is 0 Å². The predicted molar refractivity (Wildman–Crippen MR) is 108 cm³/mol. The molecular formula is C21H23N3O4S. The maximum absolute atomic E-state index is 13.0. The zero-order chi connectivity index (χ0) is 20.4. The third kappa shape index (κ3) is 4.28. The summed E-state index contributed by atoms with van der Waals surface area (Å²) in [6.07, 6.45) is 8.39. The number of hydrogen-bond acceptors (Lipinski definition) is 5. The molecule has 2 aliphatic rings. The van der Waals surface area contributed by atoms with Crippen molar-refractivity contribution in [3.63, 3.8) is 0 Å². The number of benzene rings is 1. The highest BCUT2D eigenvalue weighted by molar-refractivity contribution is 7.80. The highest BCUT2D eigenvalue weighted by Crippen LogP contribution is 2.50. The monoisotopic (exact) mass is 413 g/mol. The van der Waals surface area contributed by atoms with Crippen LogP contribution >= 0.6 is 0 Å². The summed E-state index contributed by atoms with van der Waals surface area (Å²) in [4.78, 5) is 32.8. The van der Waals surface area contributed by atoms with Gasteiger partial charge in [0.2, 0.25) is 5.91 Å². The van der Waals surface area contributed by atoms with Crippen LogP contribution in [0.25, 0.3) is 0 Å². The van der Waals surface area contributed by atoms with Crippen molar-refractivity contribution in [3.05, 3.63) is 54.0 Å². The highest BCUT2D eigenvalue weighted by Gasteiger charge is 2.50. The molecule has 7 nitrogen and oxygen atoms in total. The molecule has 0 spiro atoms. The van der Waals surface area contributed by atoms with E-state index in [-0.39, 0.29) is 17.6 Å². The van der Waals surface area contributed by atoms with Crippen molar-refractivity contribution < 1.29 is 18.4 Å². The minimum atomic E-state index is -1.91. The molecule has 0 aliphatic heterocycles. The number of carbonyl (C=O) groups excluding carboxylic acids is 2. The van der Waals surface area contributed by atoms with E-state index in [1.807, 2.05) is 24.3 Å². The van der Waals surface area contributed by atoms with Gasteiger partial charge in [-0.1, -0.05) is 24.3 Å². The quantitative estimate of drug-likeness (QED) is 0.675. The largest absolute Gasteiger partial charge is 0.309 e. The summed E-state index contributed by atoms with van der Waals surface area (Å²) < 4.78 is 20.6. The SMILES string of the molecule is O=C1CC[C@H](C[C@@H](C(=O)Nc2cnccn2)c2ccc(C3(S(=O)O)CC3)cc2)C1. The molecule has 8 heteroatoms. The van der Waals surface area contributed by atoms with E-state index in [1.165, 1.54) is 18.6 Å². The Labute approximate surface area is 171 Å². The first kappa shape index (κ1) is 19.8. The van der Waals surface area contributed by atoms with Crippen molar-refractivity contribution in [2.75, 3.05) is 5.32 Å². The summed E-state index contributed by atoms with van der Waals surface area (Å²) in [5.74, 6) is 0.189. The lowest BCUT2D eigenvalue weighted by atomic mass is 9.86. The van der Waals surface area contributed by atoms with E-state index >= 15 is 0 Å². The van der Waals surface area contributed by atoms with E-state index in [1.54, 1.807) is 0 Å².